The van der Waals surface area contributed by atoms with E-state index in [1.54, 1.807) is 13.8 Å². The van der Waals surface area contributed by atoms with Crippen LogP contribution in [0.1, 0.15) is 66.9 Å². The normalized spacial score (nSPS) is 35.8. The number of esters is 1. The zero-order chi connectivity index (χ0) is 32.2. The molecule has 2 fully saturated rings. The van der Waals surface area contributed by atoms with Crippen molar-refractivity contribution in [1.82, 2.24) is 15.6 Å². The monoisotopic (exact) mass is 605 g/mol. The van der Waals surface area contributed by atoms with Crippen LogP contribution in [0, 0.1) is 17.8 Å². The van der Waals surface area contributed by atoms with E-state index in [0.717, 1.165) is 16.5 Å². The number of carbonyl (C=O) groups is 3. The first kappa shape index (κ1) is 33.7. The fourth-order valence-electron chi connectivity index (χ4n) is 6.83. The van der Waals surface area contributed by atoms with E-state index in [4.69, 9.17) is 14.2 Å². The molecule has 238 valence electrons. The summed E-state index contributed by atoms with van der Waals surface area (Å²) in [5, 5.41) is 7.57. The number of rotatable bonds is 5. The van der Waals surface area contributed by atoms with E-state index in [-0.39, 0.29) is 23.6 Å². The van der Waals surface area contributed by atoms with Crippen LogP contribution in [-0.4, -0.2) is 73.2 Å². The largest absolute Gasteiger partial charge is 0.458 e. The Labute approximate surface area is 262 Å². The minimum Gasteiger partial charge on any atom is -0.458 e. The molecule has 2 aliphatic heterocycles. The maximum Gasteiger partial charge on any atom is 0.408 e. The molecule has 9 nitrogen and oxygen atoms in total. The number of ketones is 1. The fraction of sp³-hybridized carbons (Fsp3) is 0.588. The lowest BCUT2D eigenvalue weighted by Gasteiger charge is -2.41. The van der Waals surface area contributed by atoms with Gasteiger partial charge in [-0.15, -0.1) is 0 Å². The maximum atomic E-state index is 13.7. The van der Waals surface area contributed by atoms with Crippen molar-refractivity contribution in [1.29, 1.82) is 0 Å². The second kappa shape index (κ2) is 13.8. The zero-order valence-corrected chi connectivity index (χ0v) is 27.4. The number of para-hydroxylation sites is 1. The van der Waals surface area contributed by atoms with Gasteiger partial charge >= 0.3 is 12.1 Å². The van der Waals surface area contributed by atoms with Crippen molar-refractivity contribution in [2.24, 2.45) is 17.8 Å². The van der Waals surface area contributed by atoms with Gasteiger partial charge in [0.1, 0.15) is 25.7 Å². The summed E-state index contributed by atoms with van der Waals surface area (Å²) in [6.45, 7) is 14.4. The molecule has 0 saturated carbocycles. The second-order valence-corrected chi connectivity index (χ2v) is 13.2. The van der Waals surface area contributed by atoms with Crippen LogP contribution in [0.4, 0.5) is 4.79 Å². The van der Waals surface area contributed by atoms with Crippen molar-refractivity contribution < 1.29 is 28.6 Å². The van der Waals surface area contributed by atoms with Gasteiger partial charge in [0, 0.05) is 23.5 Å². The molecular weight excluding hydrogens is 557 g/mol. The van der Waals surface area contributed by atoms with Crippen molar-refractivity contribution in [2.75, 3.05) is 13.2 Å². The third-order valence-electron chi connectivity index (χ3n) is 9.89. The van der Waals surface area contributed by atoms with Gasteiger partial charge in [-0.2, -0.15) is 0 Å². The van der Waals surface area contributed by atoms with Gasteiger partial charge in [-0.05, 0) is 76.5 Å². The Balaban J connectivity index is 1.57. The molecular formula is C34H48BN3O6. The summed E-state index contributed by atoms with van der Waals surface area (Å²) in [5.41, 5.74) is 0.170. The van der Waals surface area contributed by atoms with Crippen molar-refractivity contribution in [3.63, 3.8) is 0 Å². The number of carbonyl (C=O) groups excluding carboxylic acids is 3. The molecule has 2 aromatic rings. The summed E-state index contributed by atoms with van der Waals surface area (Å²) in [6, 6.07) is 9.48. The quantitative estimate of drug-likeness (QED) is 0.291. The highest BCUT2D eigenvalue weighted by Crippen LogP contribution is 2.39. The Morgan fingerprint density at radius 3 is 2.59 bits per heavy atom. The number of pyridine rings is 1. The first-order valence-corrected chi connectivity index (χ1v) is 15.9. The summed E-state index contributed by atoms with van der Waals surface area (Å²) in [7, 11) is 2.03. The average molecular weight is 606 g/mol. The number of cyclic esters (lactones) is 1. The van der Waals surface area contributed by atoms with E-state index in [2.05, 4.69) is 35.5 Å². The first-order chi connectivity index (χ1) is 20.8. The van der Waals surface area contributed by atoms with Crippen molar-refractivity contribution in [2.45, 2.75) is 96.5 Å². The molecule has 1 aromatic heterocycles. The molecule has 0 unspecified atom stereocenters. The summed E-state index contributed by atoms with van der Waals surface area (Å²) >= 11 is 0. The molecule has 10 heteroatoms. The lowest BCUT2D eigenvalue weighted by atomic mass is 9.62. The Bertz CT molecular complexity index is 1390. The third-order valence-corrected chi connectivity index (χ3v) is 9.89. The van der Waals surface area contributed by atoms with Gasteiger partial charge < -0.3 is 24.8 Å². The fourth-order valence-corrected chi connectivity index (χ4v) is 6.83. The Hall–Kier alpha value is -3.24. The molecule has 1 aromatic carbocycles. The smallest absolute Gasteiger partial charge is 0.408 e. The van der Waals surface area contributed by atoms with Crippen molar-refractivity contribution in [3.05, 3.63) is 48.2 Å². The molecule has 2 N–H and O–H groups in total. The van der Waals surface area contributed by atoms with Crippen LogP contribution >= 0.6 is 0 Å². The maximum absolute atomic E-state index is 13.7. The van der Waals surface area contributed by atoms with Gasteiger partial charge in [-0.25, -0.2) is 4.79 Å². The van der Waals surface area contributed by atoms with E-state index in [1.807, 2.05) is 71.2 Å². The second-order valence-electron chi connectivity index (χ2n) is 13.2. The molecule has 0 aliphatic carbocycles. The van der Waals surface area contributed by atoms with Gasteiger partial charge in [-0.3, -0.25) is 14.6 Å². The van der Waals surface area contributed by atoms with Gasteiger partial charge in [0.05, 0.1) is 23.8 Å². The van der Waals surface area contributed by atoms with Gasteiger partial charge in [0.25, 0.3) is 0 Å². The topological polar surface area (TPSA) is 116 Å². The molecule has 0 bridgehead atoms. The molecule has 1 amide bonds. The number of amides is 1. The highest BCUT2D eigenvalue weighted by molar-refractivity contribution is 6.15. The summed E-state index contributed by atoms with van der Waals surface area (Å²) < 4.78 is 18.3. The number of nitrogens with zero attached hydrogens (tertiary/aromatic N) is 1. The first-order valence-electron chi connectivity index (χ1n) is 15.9. The number of ether oxygens (including phenoxy) is 3. The van der Waals surface area contributed by atoms with Gasteiger partial charge in [-0.1, -0.05) is 51.1 Å². The van der Waals surface area contributed by atoms with Crippen molar-refractivity contribution in [3.8, 4) is 0 Å². The van der Waals surface area contributed by atoms with Crippen molar-refractivity contribution >= 4 is 42.7 Å². The molecule has 4 rings (SSSR count). The summed E-state index contributed by atoms with van der Waals surface area (Å²) in [4.78, 5) is 44.0. The van der Waals surface area contributed by atoms with E-state index >= 15 is 0 Å². The molecule has 2 aliphatic rings. The SMILES string of the molecule is B[C@@H]1[C@@H](C)C(=O)[C@@H](C)C(=O)O[C@H](CC)[C@@]2(C)OC(=O)N[C@@H]2[C@@H](C)NC[C@H](C)C[C@@]1(C)OC/C=C/c1cnc2ccccc2c1. The predicted molar refractivity (Wildman–Crippen MR) is 174 cm³/mol. The van der Waals surface area contributed by atoms with E-state index in [9.17, 15) is 14.4 Å². The standard InChI is InChI=1S/C34H48BN3O6/c1-8-27-34(7)30(38-32(41)44-34)23(5)36-18-20(2)17-33(6,29(35)21(3)28(39)22(4)31(40)43-27)42-15-11-12-24-16-25-13-9-10-14-26(25)37-19-24/h9-14,16,19-23,27,29-30,36H,8,15,17-18,35H2,1-7H3,(H,38,41)/b12-11+/t20-,21+,22-,23-,27-,29-,30-,33-,34-/m1/s1. The van der Waals surface area contributed by atoms with E-state index < -0.39 is 47.2 Å². The van der Waals surface area contributed by atoms with Crippen LogP contribution in [-0.2, 0) is 23.8 Å². The zero-order valence-electron chi connectivity index (χ0n) is 27.4. The van der Waals surface area contributed by atoms with E-state index in [0.29, 0.717) is 26.0 Å². The number of fused-ring (bicyclic) bond motifs is 2. The van der Waals surface area contributed by atoms with Crippen LogP contribution in [0.5, 0.6) is 0 Å². The molecule has 0 spiro atoms. The van der Waals surface area contributed by atoms with Gasteiger partial charge in [0.15, 0.2) is 5.60 Å². The minimum absolute atomic E-state index is 0.173. The van der Waals surface area contributed by atoms with E-state index in [1.165, 1.54) is 0 Å². The number of nitrogens with one attached hydrogen (secondary N) is 2. The molecule has 9 atom stereocenters. The highest BCUT2D eigenvalue weighted by atomic mass is 16.6. The predicted octanol–water partition coefficient (Wildman–Crippen LogP) is 4.49. The van der Waals surface area contributed by atoms with Crippen LogP contribution in [0.3, 0.4) is 0 Å². The Morgan fingerprint density at radius 2 is 1.86 bits per heavy atom. The molecule has 2 saturated heterocycles. The minimum atomic E-state index is -1.09. The number of hydrogen-bond donors (Lipinski definition) is 2. The summed E-state index contributed by atoms with van der Waals surface area (Å²) in [5.74, 6) is -2.25. The highest BCUT2D eigenvalue weighted by Gasteiger charge is 2.54. The number of aromatic nitrogens is 1. The van der Waals surface area contributed by atoms with Crippen LogP contribution in [0.15, 0.2) is 42.6 Å². The van der Waals surface area contributed by atoms with Crippen LogP contribution in [0.25, 0.3) is 17.0 Å². The lowest BCUT2D eigenvalue weighted by Crippen LogP contribution is -2.60. The van der Waals surface area contributed by atoms with Crippen LogP contribution in [0.2, 0.25) is 5.82 Å². The Kier molecular flexibility index (Phi) is 10.6. The lowest BCUT2D eigenvalue weighted by molar-refractivity contribution is -0.169. The average Bonchev–Trinajstić information content (AvgIpc) is 3.32. The number of Topliss-reactive ketones (excluding diaryl/α,β-unsaturated/α-hetero) is 1. The number of benzene rings is 1. The van der Waals surface area contributed by atoms with Gasteiger partial charge in [0.2, 0.25) is 0 Å². The summed E-state index contributed by atoms with van der Waals surface area (Å²) in [6.07, 6.45) is 5.66. The van der Waals surface area contributed by atoms with Crippen LogP contribution < -0.4 is 10.6 Å². The molecule has 44 heavy (non-hydrogen) atoms. The number of hydrogen-bond acceptors (Lipinski definition) is 8. The molecule has 0 radical (unpaired) electrons. The Morgan fingerprint density at radius 1 is 1.14 bits per heavy atom. The molecule has 3 heterocycles. The number of alkyl carbamates (subject to hydrolysis) is 1. The third kappa shape index (κ3) is 7.18.